The molecule has 0 bridgehead atoms. The number of ether oxygens (including phenoxy) is 2. The third kappa shape index (κ3) is 3.17. The monoisotopic (exact) mass is 510 g/mol. The molecule has 5 atom stereocenters. The molecule has 1 unspecified atom stereocenters. The number of halogens is 2. The van der Waals surface area contributed by atoms with Crippen LogP contribution in [0, 0.1) is 17.3 Å². The summed E-state index contributed by atoms with van der Waals surface area (Å²) < 4.78 is 12.7. The molecular formula is C22H24Br2O4. The van der Waals surface area contributed by atoms with Gasteiger partial charge in [0.05, 0.1) is 8.95 Å². The average molecular weight is 512 g/mol. The molecule has 1 aromatic carbocycles. The lowest BCUT2D eigenvalue weighted by molar-refractivity contribution is -0.154. The summed E-state index contributed by atoms with van der Waals surface area (Å²) in [5, 5.41) is 0. The van der Waals surface area contributed by atoms with Crippen molar-refractivity contribution in [2.75, 3.05) is 0 Å². The van der Waals surface area contributed by atoms with Gasteiger partial charge in [-0.25, -0.2) is 0 Å². The van der Waals surface area contributed by atoms with Crippen molar-refractivity contribution in [1.82, 2.24) is 0 Å². The van der Waals surface area contributed by atoms with Crippen LogP contribution in [0.2, 0.25) is 0 Å². The fourth-order valence-electron chi connectivity index (χ4n) is 5.73. The maximum absolute atomic E-state index is 11.6. The lowest BCUT2D eigenvalue weighted by Crippen LogP contribution is -2.44. The third-order valence-electron chi connectivity index (χ3n) is 6.93. The van der Waals surface area contributed by atoms with Crippen molar-refractivity contribution in [2.24, 2.45) is 17.3 Å². The molecule has 1 aromatic rings. The van der Waals surface area contributed by atoms with Gasteiger partial charge in [-0.3, -0.25) is 9.59 Å². The Hall–Kier alpha value is -1.14. The number of allylic oxidation sites excluding steroid dienone is 1. The minimum Gasteiger partial charge on any atom is -0.462 e. The van der Waals surface area contributed by atoms with Crippen LogP contribution in [0.3, 0.4) is 0 Å². The molecule has 4 nitrogen and oxygen atoms in total. The molecule has 0 amide bonds. The van der Waals surface area contributed by atoms with Crippen LogP contribution >= 0.6 is 31.9 Å². The van der Waals surface area contributed by atoms with Gasteiger partial charge in [0.25, 0.3) is 0 Å². The number of fused-ring (bicyclic) bond motifs is 5. The molecule has 28 heavy (non-hydrogen) atoms. The molecule has 0 aromatic heterocycles. The second-order valence-corrected chi connectivity index (χ2v) is 10.1. The Kier molecular flexibility index (Phi) is 5.24. The summed E-state index contributed by atoms with van der Waals surface area (Å²) in [6, 6.07) is 2.11. The van der Waals surface area contributed by atoms with Crippen LogP contribution in [0.15, 0.2) is 21.1 Å². The Bertz CT molecular complexity index is 878. The van der Waals surface area contributed by atoms with Crippen LogP contribution in [0.4, 0.5) is 0 Å². The van der Waals surface area contributed by atoms with Crippen LogP contribution in [0.5, 0.6) is 5.75 Å². The average Bonchev–Trinajstić information content (AvgIpc) is 2.94. The molecule has 0 spiro atoms. The Morgan fingerprint density at radius 1 is 1.14 bits per heavy atom. The molecule has 2 saturated carbocycles. The lowest BCUT2D eigenvalue weighted by Gasteiger charge is -2.48. The van der Waals surface area contributed by atoms with Gasteiger partial charge in [-0.1, -0.05) is 19.1 Å². The van der Waals surface area contributed by atoms with Gasteiger partial charge in [-0.15, -0.1) is 0 Å². The van der Waals surface area contributed by atoms with Crippen molar-refractivity contribution in [3.05, 3.63) is 32.2 Å². The number of hydrogen-bond acceptors (Lipinski definition) is 4. The van der Waals surface area contributed by atoms with Crippen LogP contribution in [0.25, 0.3) is 6.08 Å². The molecule has 3 aliphatic rings. The summed E-state index contributed by atoms with van der Waals surface area (Å²) in [5.74, 6) is 1.38. The van der Waals surface area contributed by atoms with E-state index >= 15 is 0 Å². The molecule has 0 saturated heterocycles. The van der Waals surface area contributed by atoms with E-state index in [0.29, 0.717) is 23.5 Å². The zero-order valence-corrected chi connectivity index (χ0v) is 19.4. The number of rotatable bonds is 2. The second-order valence-electron chi connectivity index (χ2n) is 8.47. The van der Waals surface area contributed by atoms with E-state index in [1.807, 2.05) is 0 Å². The highest BCUT2D eigenvalue weighted by atomic mass is 79.9. The van der Waals surface area contributed by atoms with Crippen LogP contribution in [-0.2, 0) is 14.3 Å². The van der Waals surface area contributed by atoms with Gasteiger partial charge in [0.15, 0.2) is 5.75 Å². The number of esters is 2. The van der Waals surface area contributed by atoms with Gasteiger partial charge in [-0.2, -0.15) is 0 Å². The highest BCUT2D eigenvalue weighted by Crippen LogP contribution is 2.61. The standard InChI is InChI=1S/C22H24Br2O4/c1-11(25)27-19-7-6-17-14-4-5-15-16(13(14)8-9-22(17,19)3)10-18(23)21(20(15)24)28-12(2)26/h4-5,10,13-14,17,19H,6-9H2,1-3H3/t13-,14+,17-,19?,22-/m0/s1. The summed E-state index contributed by atoms with van der Waals surface area (Å²) in [5.41, 5.74) is 2.43. The summed E-state index contributed by atoms with van der Waals surface area (Å²) in [6.45, 7) is 5.22. The number of benzene rings is 1. The molecule has 0 heterocycles. The van der Waals surface area contributed by atoms with Gasteiger partial charge in [0, 0.05) is 19.3 Å². The second kappa shape index (κ2) is 7.28. The molecule has 2 fully saturated rings. The molecule has 4 rings (SSSR count). The highest BCUT2D eigenvalue weighted by molar-refractivity contribution is 9.11. The minimum absolute atomic E-state index is 0.0237. The van der Waals surface area contributed by atoms with E-state index in [0.717, 1.165) is 40.2 Å². The van der Waals surface area contributed by atoms with Crippen molar-refractivity contribution in [3.8, 4) is 5.75 Å². The summed E-state index contributed by atoms with van der Waals surface area (Å²) >= 11 is 7.24. The largest absolute Gasteiger partial charge is 0.462 e. The fraction of sp³-hybridized carbons (Fsp3) is 0.545. The van der Waals surface area contributed by atoms with Crippen LogP contribution in [-0.4, -0.2) is 18.0 Å². The van der Waals surface area contributed by atoms with Gasteiger partial charge in [0.1, 0.15) is 6.10 Å². The Labute approximate surface area is 182 Å². The third-order valence-corrected chi connectivity index (χ3v) is 8.31. The first-order valence-corrected chi connectivity index (χ1v) is 11.4. The van der Waals surface area contributed by atoms with Gasteiger partial charge >= 0.3 is 11.9 Å². The Morgan fingerprint density at radius 2 is 1.89 bits per heavy atom. The molecule has 0 N–H and O–H groups in total. The smallest absolute Gasteiger partial charge is 0.308 e. The van der Waals surface area contributed by atoms with Gasteiger partial charge in [0.2, 0.25) is 0 Å². The van der Waals surface area contributed by atoms with E-state index in [9.17, 15) is 9.59 Å². The lowest BCUT2D eigenvalue weighted by atomic mass is 9.57. The topological polar surface area (TPSA) is 52.6 Å². The van der Waals surface area contributed by atoms with Crippen LogP contribution in [0.1, 0.15) is 63.5 Å². The van der Waals surface area contributed by atoms with Crippen molar-refractivity contribution in [2.45, 2.75) is 58.5 Å². The molecule has 3 aliphatic carbocycles. The minimum atomic E-state index is -0.338. The zero-order valence-electron chi connectivity index (χ0n) is 16.3. The van der Waals surface area contributed by atoms with Crippen molar-refractivity contribution >= 4 is 49.9 Å². The van der Waals surface area contributed by atoms with Gasteiger partial charge < -0.3 is 9.47 Å². The summed E-state index contributed by atoms with van der Waals surface area (Å²) in [6.07, 6.45) is 8.64. The van der Waals surface area contributed by atoms with E-state index in [2.05, 4.69) is 57.0 Å². The maximum atomic E-state index is 11.6. The van der Waals surface area contributed by atoms with E-state index in [1.54, 1.807) is 0 Å². The first-order chi connectivity index (χ1) is 13.2. The predicted octanol–water partition coefficient (Wildman–Crippen LogP) is 6.01. The maximum Gasteiger partial charge on any atom is 0.308 e. The van der Waals surface area contributed by atoms with E-state index < -0.39 is 0 Å². The predicted molar refractivity (Wildman–Crippen MR) is 114 cm³/mol. The normalized spacial score (nSPS) is 32.9. The first-order valence-electron chi connectivity index (χ1n) is 9.78. The summed E-state index contributed by atoms with van der Waals surface area (Å²) in [4.78, 5) is 23.0. The van der Waals surface area contributed by atoms with E-state index in [1.165, 1.54) is 19.4 Å². The molecule has 6 heteroatoms. The Morgan fingerprint density at radius 3 is 2.57 bits per heavy atom. The van der Waals surface area contributed by atoms with Crippen molar-refractivity contribution in [3.63, 3.8) is 0 Å². The molecule has 0 aliphatic heterocycles. The number of carbonyl (C=O) groups excluding carboxylic acids is 2. The number of carbonyl (C=O) groups is 2. The molecule has 150 valence electrons. The van der Waals surface area contributed by atoms with Crippen molar-refractivity contribution < 1.29 is 19.1 Å². The quantitative estimate of drug-likeness (QED) is 0.360. The van der Waals surface area contributed by atoms with Crippen molar-refractivity contribution in [1.29, 1.82) is 0 Å². The van der Waals surface area contributed by atoms with E-state index in [4.69, 9.17) is 9.47 Å². The molecular weight excluding hydrogens is 488 g/mol. The van der Waals surface area contributed by atoms with Crippen LogP contribution < -0.4 is 4.74 Å². The summed E-state index contributed by atoms with van der Waals surface area (Å²) in [7, 11) is 0. The number of hydrogen-bond donors (Lipinski definition) is 0. The fourth-order valence-corrected chi connectivity index (χ4v) is 7.17. The Balaban J connectivity index is 1.69. The zero-order chi connectivity index (χ0) is 20.2. The van der Waals surface area contributed by atoms with E-state index in [-0.39, 0.29) is 23.5 Å². The SMILES string of the molecule is CC(=O)Oc1c(Br)cc2c(c1Br)C=C[C@@H]1[C@@H]2CC[C@]2(C)C(OC(C)=O)CC[C@@H]12. The first kappa shape index (κ1) is 20.1. The highest BCUT2D eigenvalue weighted by Gasteiger charge is 2.55. The van der Waals surface area contributed by atoms with Gasteiger partial charge in [-0.05, 0) is 92.5 Å². The molecule has 0 radical (unpaired) electrons.